The van der Waals surface area contributed by atoms with E-state index in [4.69, 9.17) is 28.8 Å². The van der Waals surface area contributed by atoms with Gasteiger partial charge in [0.05, 0.1) is 38.1 Å². The van der Waals surface area contributed by atoms with E-state index >= 15 is 0 Å². The Balaban J connectivity index is 0.00000588. The zero-order chi connectivity index (χ0) is 30.1. The van der Waals surface area contributed by atoms with E-state index in [9.17, 15) is 55.9 Å². The molecule has 0 aromatic rings. The number of hydrogen-bond acceptors (Lipinski definition) is 17. The van der Waals surface area contributed by atoms with Crippen molar-refractivity contribution in [3.8, 4) is 0 Å². The van der Waals surface area contributed by atoms with Crippen molar-refractivity contribution >= 4 is 5.97 Å². The van der Waals surface area contributed by atoms with Crippen molar-refractivity contribution in [3.63, 3.8) is 0 Å². The molecule has 10 N–H and O–H groups in total. The Bertz CT molecular complexity index is 838. The predicted octanol–water partition coefficient (Wildman–Crippen LogP) is -10.4. The van der Waals surface area contributed by atoms with Gasteiger partial charge in [-0.2, -0.15) is 0 Å². The number of aliphatic carboxylic acids is 1. The predicted molar refractivity (Wildman–Crippen MR) is 122 cm³/mol. The van der Waals surface area contributed by atoms with Gasteiger partial charge in [0.25, 0.3) is 0 Å². The van der Waals surface area contributed by atoms with Crippen molar-refractivity contribution in [3.05, 3.63) is 0 Å². The van der Waals surface area contributed by atoms with Gasteiger partial charge in [0, 0.05) is 12.3 Å². The molecule has 3 fully saturated rings. The molecule has 3 saturated heterocycles. The summed E-state index contributed by atoms with van der Waals surface area (Å²) in [7, 11) is 0. The van der Waals surface area contributed by atoms with Crippen molar-refractivity contribution in [2.45, 2.75) is 112 Å². The number of carboxylic acid groups (broad SMARTS) is 1. The van der Waals surface area contributed by atoms with Gasteiger partial charge >= 0.3 is 29.6 Å². The minimum atomic E-state index is -2.75. The van der Waals surface area contributed by atoms with Gasteiger partial charge < -0.3 is 84.7 Å². The molecule has 0 aromatic carbocycles. The summed E-state index contributed by atoms with van der Waals surface area (Å²) in [6, 6.07) is 0. The molecule has 17 nitrogen and oxygen atoms in total. The van der Waals surface area contributed by atoms with Crippen LogP contribution in [-0.4, -0.2) is 168 Å². The van der Waals surface area contributed by atoms with Crippen molar-refractivity contribution in [2.75, 3.05) is 19.8 Å². The largest absolute Gasteiger partial charge is 1.00 e. The number of hydrogen-bond donors (Lipinski definition) is 10. The summed E-state index contributed by atoms with van der Waals surface area (Å²) in [5.41, 5.74) is 0. The number of carboxylic acids is 1. The Labute approximate surface area is 257 Å². The zero-order valence-corrected chi connectivity index (χ0v) is 24.8. The van der Waals surface area contributed by atoms with E-state index in [0.29, 0.717) is 0 Å². The normalized spacial score (nSPS) is 46.8. The van der Waals surface area contributed by atoms with Crippen molar-refractivity contribution < 1.29 is 114 Å². The van der Waals surface area contributed by atoms with Crippen LogP contribution in [0, 0.1) is 5.92 Å². The first-order valence-corrected chi connectivity index (χ1v) is 12.8. The van der Waals surface area contributed by atoms with Crippen LogP contribution in [0.5, 0.6) is 0 Å². The molecule has 3 heterocycles. The first-order chi connectivity index (χ1) is 18.7. The third kappa shape index (κ3) is 7.75. The fourth-order valence-corrected chi connectivity index (χ4v) is 5.03. The molecule has 0 spiro atoms. The first-order valence-electron chi connectivity index (χ1n) is 12.8. The maximum Gasteiger partial charge on any atom is 1.00 e. The SMILES string of the molecule is CC1OC(CO)[C@@H](O[C@@H]2OC(CO[C@]3(C(=O)[O-])C[C@@H](O)[C@@H](C)C([C@H](O)[C@H](O)CO)O3)[C@H](O)[C@H](O)C2O)[C@H](O)C1O.[Na+]. The number of aliphatic hydroxyl groups excluding tert-OH is 10. The van der Waals surface area contributed by atoms with Gasteiger partial charge in [0.2, 0.25) is 5.79 Å². The number of rotatable bonds is 10. The smallest absolute Gasteiger partial charge is 0.544 e. The minimum Gasteiger partial charge on any atom is -0.544 e. The van der Waals surface area contributed by atoms with E-state index in [-0.39, 0.29) is 29.6 Å². The molecule has 3 aliphatic heterocycles. The van der Waals surface area contributed by atoms with Gasteiger partial charge in [0.15, 0.2) is 6.29 Å². The number of ether oxygens (including phenoxy) is 5. The van der Waals surface area contributed by atoms with E-state index in [2.05, 4.69) is 0 Å². The Morgan fingerprint density at radius 2 is 1.59 bits per heavy atom. The molecule has 0 saturated carbocycles. The van der Waals surface area contributed by atoms with Crippen molar-refractivity contribution in [1.82, 2.24) is 0 Å². The van der Waals surface area contributed by atoms with Gasteiger partial charge in [-0.3, -0.25) is 0 Å². The molecule has 0 amide bonds. The monoisotopic (exact) mass is 610 g/mol. The second kappa shape index (κ2) is 15.2. The molecule has 16 atom stereocenters. The molecular formula is C23H39NaO17. The van der Waals surface area contributed by atoms with Gasteiger partial charge in [-0.1, -0.05) is 6.92 Å². The van der Waals surface area contributed by atoms with Crippen molar-refractivity contribution in [2.24, 2.45) is 5.92 Å². The molecule has 6 unspecified atom stereocenters. The van der Waals surface area contributed by atoms with Crippen LogP contribution in [0.4, 0.5) is 0 Å². The topological polar surface area (TPSA) is 289 Å². The van der Waals surface area contributed by atoms with Crippen LogP contribution in [-0.2, 0) is 28.5 Å². The van der Waals surface area contributed by atoms with Crippen LogP contribution in [0.25, 0.3) is 0 Å². The molecule has 0 bridgehead atoms. The second-order valence-electron chi connectivity index (χ2n) is 10.5. The third-order valence-electron chi connectivity index (χ3n) is 7.70. The summed E-state index contributed by atoms with van der Waals surface area (Å²) in [5.74, 6) is -5.67. The van der Waals surface area contributed by atoms with Gasteiger partial charge in [0.1, 0.15) is 67.0 Å². The fourth-order valence-electron chi connectivity index (χ4n) is 5.03. The molecule has 0 radical (unpaired) electrons. The minimum absolute atomic E-state index is 0. The van der Waals surface area contributed by atoms with E-state index in [0.717, 1.165) is 0 Å². The van der Waals surface area contributed by atoms with Crippen molar-refractivity contribution in [1.29, 1.82) is 0 Å². The fraction of sp³-hybridized carbons (Fsp3) is 0.957. The second-order valence-corrected chi connectivity index (χ2v) is 10.5. The standard InChI is InChI=1S/C23H40O17.Na/c1-7-9(26)3-23(22(34)35,40-19(7)14(29)10(27)4-24)36-6-12-15(30)16(31)18(33)21(38-12)39-20-11(5-25)37-8(2)13(28)17(20)32;/h7-21,24-33H,3-6H2,1-2H3,(H,34,35);/q;+1/p-1/t7-,8?,9-,10-,11?,12?,13?,14-,15+,16+,17-,18?,19?,20-,21+,23-;/m1./s1. The van der Waals surface area contributed by atoms with Gasteiger partial charge in [-0.15, -0.1) is 0 Å². The number of carbonyl (C=O) groups excluding carboxylic acids is 1. The van der Waals surface area contributed by atoms with E-state index in [1.165, 1.54) is 13.8 Å². The summed E-state index contributed by atoms with van der Waals surface area (Å²) in [6.45, 7) is 0.400. The van der Waals surface area contributed by atoms with Crippen LogP contribution < -0.4 is 34.7 Å². The molecule has 41 heavy (non-hydrogen) atoms. The van der Waals surface area contributed by atoms with Gasteiger partial charge in [-0.25, -0.2) is 0 Å². The Morgan fingerprint density at radius 3 is 2.15 bits per heavy atom. The number of carbonyl (C=O) groups is 1. The third-order valence-corrected chi connectivity index (χ3v) is 7.70. The van der Waals surface area contributed by atoms with Crippen LogP contribution in [0.3, 0.4) is 0 Å². The Hall–Kier alpha value is -0.130. The Kier molecular flexibility index (Phi) is 13.8. The Morgan fingerprint density at radius 1 is 0.951 bits per heavy atom. The first kappa shape index (κ1) is 37.1. The van der Waals surface area contributed by atoms with Crippen LogP contribution in [0.1, 0.15) is 20.3 Å². The average Bonchev–Trinajstić information content (AvgIpc) is 2.93. The van der Waals surface area contributed by atoms with E-state index in [1.807, 2.05) is 0 Å². The quantitative estimate of drug-likeness (QED) is 0.103. The van der Waals surface area contributed by atoms with Gasteiger partial charge in [-0.05, 0) is 6.92 Å². The summed E-state index contributed by atoms with van der Waals surface area (Å²) in [6.07, 6.45) is -23.1. The zero-order valence-electron chi connectivity index (χ0n) is 22.8. The average molecular weight is 611 g/mol. The summed E-state index contributed by atoms with van der Waals surface area (Å²) < 4.78 is 27.2. The maximum atomic E-state index is 12.1. The van der Waals surface area contributed by atoms with Crippen LogP contribution in [0.2, 0.25) is 0 Å². The molecular weight excluding hydrogens is 571 g/mol. The van der Waals surface area contributed by atoms with E-state index in [1.54, 1.807) is 0 Å². The summed E-state index contributed by atoms with van der Waals surface area (Å²) in [4.78, 5) is 12.1. The number of aliphatic hydroxyl groups is 10. The summed E-state index contributed by atoms with van der Waals surface area (Å²) >= 11 is 0. The molecule has 0 aromatic heterocycles. The molecule has 234 valence electrons. The molecule has 3 aliphatic rings. The molecule has 0 aliphatic carbocycles. The summed E-state index contributed by atoms with van der Waals surface area (Å²) in [5, 5.41) is 113. The van der Waals surface area contributed by atoms with Crippen LogP contribution in [0.15, 0.2) is 0 Å². The van der Waals surface area contributed by atoms with E-state index < -0.39 is 130 Å². The van der Waals surface area contributed by atoms with Crippen LogP contribution >= 0.6 is 0 Å². The molecule has 18 heteroatoms. The maximum absolute atomic E-state index is 12.1. The molecule has 3 rings (SSSR count).